The second kappa shape index (κ2) is 12.0. The SMILES string of the molecule is CCCCCCC1C(=CCCC(=O)O)[C@@]2(C)CC[C@@H](O)[C@H](CCC(O)C3CCCCC3)[C@@H]12. The van der Waals surface area contributed by atoms with Crippen molar-refractivity contribution in [2.75, 3.05) is 0 Å². The van der Waals surface area contributed by atoms with Crippen LogP contribution in [0.4, 0.5) is 0 Å². The number of unbranched alkanes of at least 4 members (excludes halogenated alkanes) is 3. The van der Waals surface area contributed by atoms with Gasteiger partial charge in [-0.2, -0.15) is 0 Å². The number of hydrogen-bond acceptors (Lipinski definition) is 3. The maximum absolute atomic E-state index is 11.1. The standard InChI is InChI=1S/C28H48O4/c1-3-4-5-9-13-21-23(14-10-15-26(31)32)28(2)19-18-25(30)22(27(21)28)16-17-24(29)20-11-7-6-8-12-20/h14,20-22,24-25,27,29-30H,3-13,15-19H2,1-2H3,(H,31,32)/t21?,22-,24?,25+,27+,28+/m0/s1. The molecule has 3 rings (SSSR count). The van der Waals surface area contributed by atoms with E-state index in [-0.39, 0.29) is 30.0 Å². The molecule has 0 aromatic heterocycles. The van der Waals surface area contributed by atoms with Gasteiger partial charge in [-0.05, 0) is 80.5 Å². The van der Waals surface area contributed by atoms with Gasteiger partial charge in [-0.3, -0.25) is 4.79 Å². The van der Waals surface area contributed by atoms with E-state index in [1.165, 1.54) is 50.5 Å². The quantitative estimate of drug-likeness (QED) is 0.235. The average Bonchev–Trinajstić information content (AvgIpc) is 2.78. The largest absolute Gasteiger partial charge is 0.481 e. The summed E-state index contributed by atoms with van der Waals surface area (Å²) < 4.78 is 0. The highest BCUT2D eigenvalue weighted by molar-refractivity contribution is 5.66. The van der Waals surface area contributed by atoms with Crippen molar-refractivity contribution in [1.29, 1.82) is 0 Å². The molecule has 3 N–H and O–H groups in total. The van der Waals surface area contributed by atoms with Gasteiger partial charge in [0.1, 0.15) is 0 Å². The lowest BCUT2D eigenvalue weighted by molar-refractivity contribution is -0.136. The van der Waals surface area contributed by atoms with Crippen LogP contribution in [0.1, 0.15) is 117 Å². The van der Waals surface area contributed by atoms with Crippen molar-refractivity contribution in [1.82, 2.24) is 0 Å². The van der Waals surface area contributed by atoms with E-state index in [2.05, 4.69) is 19.9 Å². The molecule has 2 unspecified atom stereocenters. The molecule has 4 heteroatoms. The van der Waals surface area contributed by atoms with Gasteiger partial charge in [0.25, 0.3) is 0 Å². The van der Waals surface area contributed by atoms with E-state index in [9.17, 15) is 15.0 Å². The van der Waals surface area contributed by atoms with Crippen LogP contribution in [0, 0.1) is 29.1 Å². The van der Waals surface area contributed by atoms with Crippen LogP contribution in [0.25, 0.3) is 0 Å². The van der Waals surface area contributed by atoms with Crippen LogP contribution in [0.3, 0.4) is 0 Å². The number of carbonyl (C=O) groups is 1. The predicted octanol–water partition coefficient (Wildman–Crippen LogP) is 6.49. The van der Waals surface area contributed by atoms with Crippen LogP contribution in [0.2, 0.25) is 0 Å². The first-order chi connectivity index (χ1) is 15.4. The first-order valence-electron chi connectivity index (χ1n) is 13.7. The number of allylic oxidation sites excluding steroid dienone is 2. The molecule has 6 atom stereocenters. The summed E-state index contributed by atoms with van der Waals surface area (Å²) in [6.45, 7) is 4.60. The van der Waals surface area contributed by atoms with Gasteiger partial charge in [0, 0.05) is 6.42 Å². The lowest BCUT2D eigenvalue weighted by atomic mass is 9.41. The van der Waals surface area contributed by atoms with Crippen molar-refractivity contribution in [3.63, 3.8) is 0 Å². The van der Waals surface area contributed by atoms with Crippen molar-refractivity contribution in [2.24, 2.45) is 29.1 Å². The minimum atomic E-state index is -0.726. The molecule has 3 fully saturated rings. The van der Waals surface area contributed by atoms with E-state index in [0.29, 0.717) is 24.2 Å². The van der Waals surface area contributed by atoms with Crippen molar-refractivity contribution < 1.29 is 20.1 Å². The average molecular weight is 449 g/mol. The third kappa shape index (κ3) is 5.97. The van der Waals surface area contributed by atoms with E-state index in [4.69, 9.17) is 5.11 Å². The van der Waals surface area contributed by atoms with E-state index in [1.54, 1.807) is 0 Å². The zero-order valence-corrected chi connectivity index (χ0v) is 20.6. The number of aliphatic carboxylic acids is 1. The Morgan fingerprint density at radius 3 is 2.56 bits per heavy atom. The molecule has 0 spiro atoms. The van der Waals surface area contributed by atoms with Gasteiger partial charge in [-0.25, -0.2) is 0 Å². The fourth-order valence-electron chi connectivity index (χ4n) is 7.49. The van der Waals surface area contributed by atoms with Gasteiger partial charge in [0.2, 0.25) is 0 Å². The Labute approximate surface area is 195 Å². The Morgan fingerprint density at radius 1 is 1.12 bits per heavy atom. The minimum absolute atomic E-state index is 0.105. The molecule has 4 nitrogen and oxygen atoms in total. The monoisotopic (exact) mass is 448 g/mol. The zero-order valence-electron chi connectivity index (χ0n) is 20.6. The molecule has 0 saturated heterocycles. The highest BCUT2D eigenvalue weighted by atomic mass is 16.4. The molecule has 0 heterocycles. The normalized spacial score (nSPS) is 35.3. The molecule has 3 saturated carbocycles. The second-order valence-electron chi connectivity index (χ2n) is 11.3. The third-order valence-electron chi connectivity index (χ3n) is 9.22. The first kappa shape index (κ1) is 25.7. The lowest BCUT2D eigenvalue weighted by Crippen LogP contribution is -2.58. The summed E-state index contributed by atoms with van der Waals surface area (Å²) in [4.78, 5) is 11.1. The Morgan fingerprint density at radius 2 is 1.88 bits per heavy atom. The Bertz CT molecular complexity index is 623. The Balaban J connectivity index is 1.69. The molecule has 0 aliphatic heterocycles. The molecule has 32 heavy (non-hydrogen) atoms. The van der Waals surface area contributed by atoms with Gasteiger partial charge in [-0.1, -0.05) is 70.4 Å². The summed E-state index contributed by atoms with van der Waals surface area (Å²) in [6, 6.07) is 0. The molecule has 184 valence electrons. The van der Waals surface area contributed by atoms with Crippen molar-refractivity contribution in [3.05, 3.63) is 11.6 Å². The van der Waals surface area contributed by atoms with Gasteiger partial charge in [-0.15, -0.1) is 0 Å². The second-order valence-corrected chi connectivity index (χ2v) is 11.3. The van der Waals surface area contributed by atoms with Gasteiger partial charge < -0.3 is 15.3 Å². The Hall–Kier alpha value is -0.870. The molecule has 0 radical (unpaired) electrons. The zero-order chi connectivity index (χ0) is 23.1. The minimum Gasteiger partial charge on any atom is -0.481 e. The molecular formula is C28H48O4. The van der Waals surface area contributed by atoms with Gasteiger partial charge >= 0.3 is 5.97 Å². The number of hydrogen-bond donors (Lipinski definition) is 3. The molecule has 3 aliphatic rings. The van der Waals surface area contributed by atoms with E-state index in [1.807, 2.05) is 0 Å². The van der Waals surface area contributed by atoms with Crippen molar-refractivity contribution in [3.8, 4) is 0 Å². The molecule has 0 aromatic rings. The third-order valence-corrected chi connectivity index (χ3v) is 9.22. The van der Waals surface area contributed by atoms with E-state index < -0.39 is 5.97 Å². The fraction of sp³-hybridized carbons (Fsp3) is 0.893. The molecule has 0 amide bonds. The summed E-state index contributed by atoms with van der Waals surface area (Å²) >= 11 is 0. The maximum Gasteiger partial charge on any atom is 0.303 e. The summed E-state index contributed by atoms with van der Waals surface area (Å²) in [5.74, 6) is 0.948. The molecular weight excluding hydrogens is 400 g/mol. The molecule has 0 aromatic carbocycles. The lowest BCUT2D eigenvalue weighted by Gasteiger charge is -2.63. The van der Waals surface area contributed by atoms with Crippen LogP contribution in [0.5, 0.6) is 0 Å². The molecule has 0 bridgehead atoms. The highest BCUT2D eigenvalue weighted by Gasteiger charge is 2.59. The van der Waals surface area contributed by atoms with Gasteiger partial charge in [0.05, 0.1) is 12.2 Å². The number of fused-ring (bicyclic) bond motifs is 1. The number of aliphatic hydroxyl groups excluding tert-OH is 2. The molecule has 3 aliphatic carbocycles. The summed E-state index contributed by atoms with van der Waals surface area (Å²) in [6.07, 6.45) is 18.4. The van der Waals surface area contributed by atoms with Crippen molar-refractivity contribution in [2.45, 2.75) is 129 Å². The topological polar surface area (TPSA) is 77.8 Å². The van der Waals surface area contributed by atoms with Crippen molar-refractivity contribution >= 4 is 5.97 Å². The summed E-state index contributed by atoms with van der Waals surface area (Å²) in [7, 11) is 0. The number of carboxylic acids is 1. The van der Waals surface area contributed by atoms with Gasteiger partial charge in [0.15, 0.2) is 0 Å². The van der Waals surface area contributed by atoms with E-state index in [0.717, 1.165) is 44.9 Å². The number of rotatable bonds is 12. The Kier molecular flexibility index (Phi) is 9.67. The fourth-order valence-corrected chi connectivity index (χ4v) is 7.49. The van der Waals surface area contributed by atoms with Crippen LogP contribution >= 0.6 is 0 Å². The first-order valence-corrected chi connectivity index (χ1v) is 13.7. The number of carboxylic acid groups (broad SMARTS) is 1. The van der Waals surface area contributed by atoms with Crippen LogP contribution in [-0.2, 0) is 4.79 Å². The smallest absolute Gasteiger partial charge is 0.303 e. The predicted molar refractivity (Wildman–Crippen MR) is 129 cm³/mol. The summed E-state index contributed by atoms with van der Waals surface area (Å²) in [5.41, 5.74) is 1.58. The van der Waals surface area contributed by atoms with Crippen LogP contribution in [-0.4, -0.2) is 33.5 Å². The van der Waals surface area contributed by atoms with E-state index >= 15 is 0 Å². The van der Waals surface area contributed by atoms with Crippen LogP contribution < -0.4 is 0 Å². The number of aliphatic hydroxyl groups is 2. The highest BCUT2D eigenvalue weighted by Crippen LogP contribution is 2.66. The van der Waals surface area contributed by atoms with Crippen LogP contribution in [0.15, 0.2) is 11.6 Å². The maximum atomic E-state index is 11.1. The summed E-state index contributed by atoms with van der Waals surface area (Å²) in [5, 5.41) is 31.0.